The predicted octanol–water partition coefficient (Wildman–Crippen LogP) is 4.98. The van der Waals surface area contributed by atoms with Crippen LogP contribution >= 0.6 is 11.3 Å². The maximum atomic E-state index is 14.0. The molecular formula is C30H39F5N4O5S. The number of halogens is 5. The molecule has 0 radical (unpaired) electrons. The Kier molecular flexibility index (Phi) is 11.7. The van der Waals surface area contributed by atoms with Crippen LogP contribution in [0, 0.1) is 40.9 Å². The molecule has 2 N–H and O–H groups in total. The van der Waals surface area contributed by atoms with Gasteiger partial charge in [-0.2, -0.15) is 8.78 Å². The predicted molar refractivity (Wildman–Crippen MR) is 156 cm³/mol. The second-order valence-corrected chi connectivity index (χ2v) is 12.9. The third-order valence-corrected chi connectivity index (χ3v) is 9.66. The summed E-state index contributed by atoms with van der Waals surface area (Å²) in [6, 6.07) is -1.37. The highest BCUT2D eigenvalue weighted by Gasteiger charge is 2.43. The van der Waals surface area contributed by atoms with E-state index in [1.165, 1.54) is 4.90 Å². The van der Waals surface area contributed by atoms with Crippen molar-refractivity contribution in [3.8, 4) is 5.75 Å². The first-order valence-corrected chi connectivity index (χ1v) is 15.5. The monoisotopic (exact) mass is 662 g/mol. The molecule has 1 fully saturated rings. The second kappa shape index (κ2) is 14.5. The zero-order valence-corrected chi connectivity index (χ0v) is 27.0. The van der Waals surface area contributed by atoms with E-state index in [-0.39, 0.29) is 35.1 Å². The maximum absolute atomic E-state index is 14.0. The van der Waals surface area contributed by atoms with Crippen molar-refractivity contribution >= 4 is 29.1 Å². The molecule has 3 rings (SSSR count). The number of carbonyl (C=O) groups excluding carboxylic acids is 3. The van der Waals surface area contributed by atoms with Gasteiger partial charge in [-0.25, -0.2) is 22.9 Å². The minimum Gasteiger partial charge on any atom is -0.415 e. The minimum atomic E-state index is -2.40. The van der Waals surface area contributed by atoms with Gasteiger partial charge in [0.2, 0.25) is 46.6 Å². The Labute approximate surface area is 262 Å². The van der Waals surface area contributed by atoms with Gasteiger partial charge >= 0.3 is 5.97 Å². The number of likely N-dealkylation sites (tertiary alicyclic amines) is 1. The van der Waals surface area contributed by atoms with Crippen LogP contribution in [0.4, 0.5) is 22.0 Å². The van der Waals surface area contributed by atoms with E-state index in [1.807, 2.05) is 46.6 Å². The van der Waals surface area contributed by atoms with Crippen LogP contribution in [0.25, 0.3) is 0 Å². The van der Waals surface area contributed by atoms with E-state index >= 15 is 0 Å². The lowest BCUT2D eigenvalue weighted by molar-refractivity contribution is -0.142. The Hall–Kier alpha value is -3.17. The van der Waals surface area contributed by atoms with E-state index in [9.17, 15) is 41.4 Å². The van der Waals surface area contributed by atoms with E-state index in [4.69, 9.17) is 0 Å². The third kappa shape index (κ3) is 7.46. The molecule has 2 heterocycles. The van der Waals surface area contributed by atoms with E-state index in [2.05, 4.69) is 15.0 Å². The van der Waals surface area contributed by atoms with Crippen molar-refractivity contribution in [1.29, 1.82) is 0 Å². The van der Waals surface area contributed by atoms with Crippen LogP contribution in [0.15, 0.2) is 5.38 Å². The first-order chi connectivity index (χ1) is 21.0. The van der Waals surface area contributed by atoms with E-state index in [0.29, 0.717) is 12.8 Å². The average Bonchev–Trinajstić information content (AvgIpc) is 3.64. The summed E-state index contributed by atoms with van der Waals surface area (Å²) in [5.41, 5.74) is -1.27. The molecule has 45 heavy (non-hydrogen) atoms. The van der Waals surface area contributed by atoms with Crippen LogP contribution in [0.3, 0.4) is 0 Å². The van der Waals surface area contributed by atoms with Gasteiger partial charge in [-0.3, -0.25) is 14.5 Å². The van der Waals surface area contributed by atoms with Crippen molar-refractivity contribution in [3.63, 3.8) is 0 Å². The molecule has 9 nitrogen and oxygen atoms in total. The quantitative estimate of drug-likeness (QED) is 0.108. The van der Waals surface area contributed by atoms with Crippen molar-refractivity contribution in [2.24, 2.45) is 11.8 Å². The summed E-state index contributed by atoms with van der Waals surface area (Å²) in [5, 5.41) is 15.1. The van der Waals surface area contributed by atoms with Crippen LogP contribution < -0.4 is 10.1 Å². The number of hydrogen-bond donors (Lipinski definition) is 2. The normalized spacial score (nSPS) is 19.7. The number of esters is 1. The van der Waals surface area contributed by atoms with Gasteiger partial charge < -0.3 is 20.1 Å². The molecule has 2 amide bonds. The van der Waals surface area contributed by atoms with Crippen molar-refractivity contribution < 1.29 is 46.2 Å². The fourth-order valence-corrected chi connectivity index (χ4v) is 6.09. The van der Waals surface area contributed by atoms with E-state index in [0.717, 1.165) is 29.7 Å². The number of hydrogen-bond acceptors (Lipinski definition) is 8. The van der Waals surface area contributed by atoms with E-state index in [1.54, 1.807) is 7.05 Å². The first-order valence-electron chi connectivity index (χ1n) is 14.6. The lowest BCUT2D eigenvalue weighted by atomic mass is 9.91. The molecule has 1 aliphatic rings. The fraction of sp³-hybridized carbons (Fsp3) is 0.600. The summed E-state index contributed by atoms with van der Waals surface area (Å²) in [5.74, 6) is -15.8. The largest absolute Gasteiger partial charge is 0.415 e. The van der Waals surface area contributed by atoms with Gasteiger partial charge in [-0.05, 0) is 45.2 Å². The van der Waals surface area contributed by atoms with Gasteiger partial charge in [-0.1, -0.05) is 34.1 Å². The number of nitrogens with one attached hydrogen (secondary N) is 1. The van der Waals surface area contributed by atoms with Gasteiger partial charge in [0.25, 0.3) is 0 Å². The molecule has 2 aromatic rings. The Morgan fingerprint density at radius 1 is 1.11 bits per heavy atom. The Morgan fingerprint density at radius 2 is 1.69 bits per heavy atom. The molecule has 5 atom stereocenters. The molecular weight excluding hydrogens is 623 g/mol. The molecule has 0 spiro atoms. The Balaban J connectivity index is 1.76. The van der Waals surface area contributed by atoms with Crippen molar-refractivity contribution in [2.45, 2.75) is 84.0 Å². The van der Waals surface area contributed by atoms with Gasteiger partial charge in [0.15, 0.2) is 5.69 Å². The number of ether oxygens (including phenoxy) is 1. The maximum Gasteiger partial charge on any atom is 0.363 e. The molecule has 1 aromatic heterocycles. The summed E-state index contributed by atoms with van der Waals surface area (Å²) in [6.07, 6.45) is 0.813. The van der Waals surface area contributed by atoms with Crippen LogP contribution in [-0.2, 0) is 9.59 Å². The van der Waals surface area contributed by atoms with Gasteiger partial charge in [-0.15, -0.1) is 11.3 Å². The summed E-state index contributed by atoms with van der Waals surface area (Å²) in [4.78, 5) is 47.1. The number of aromatic nitrogens is 1. The Morgan fingerprint density at radius 3 is 2.20 bits per heavy atom. The van der Waals surface area contributed by atoms with Crippen LogP contribution in [0.2, 0.25) is 0 Å². The molecule has 1 aliphatic heterocycles. The standard InChI is InChI=1S/C30H39F5N4O5S/c1-8-15(4)24(37-29(43)30(5)10-9-11-38(30)6)27(41)39(7)17(14(2)3)12-18(40)26-36-16(13-45-26)28(42)44-25-22(34)20(32)19(31)21(33)23(25)35/h13-15,17-18,24,40H,8-12H2,1-7H3,(H,37,43)/t15-,17?,18+,24-,30+/m0/s1. The Bertz CT molecular complexity index is 1400. The smallest absolute Gasteiger partial charge is 0.363 e. The molecule has 15 heteroatoms. The SMILES string of the molecule is CC[C@H](C)[C@H](NC(=O)[C@@]1(C)CCCN1C)C(=O)N(C)C(C[C@@H](O)c1nc(C(=O)Oc2c(F)c(F)c(F)c(F)c2F)cs1)C(C)C. The average molecular weight is 663 g/mol. The van der Waals surface area contributed by atoms with Gasteiger partial charge in [0, 0.05) is 24.9 Å². The van der Waals surface area contributed by atoms with Crippen molar-refractivity contribution in [1.82, 2.24) is 20.1 Å². The lowest BCUT2D eigenvalue weighted by Crippen LogP contribution is -2.60. The number of rotatable bonds is 12. The van der Waals surface area contributed by atoms with E-state index < -0.39 is 70.2 Å². The number of likely N-dealkylation sites (N-methyl/N-ethyl adjacent to an activating group) is 2. The van der Waals surface area contributed by atoms with Crippen LogP contribution in [-0.4, -0.2) is 75.9 Å². The highest BCUT2D eigenvalue weighted by atomic mass is 32.1. The molecule has 1 unspecified atom stereocenters. The molecule has 0 bridgehead atoms. The topological polar surface area (TPSA) is 112 Å². The zero-order valence-electron chi connectivity index (χ0n) is 26.2. The molecule has 0 saturated carbocycles. The number of aliphatic hydroxyl groups excluding tert-OH is 1. The lowest BCUT2D eigenvalue weighted by Gasteiger charge is -2.38. The summed E-state index contributed by atoms with van der Waals surface area (Å²) >= 11 is 0.802. The summed E-state index contributed by atoms with van der Waals surface area (Å²) < 4.78 is 72.7. The number of thiazole rings is 1. The number of benzene rings is 1. The second-order valence-electron chi connectivity index (χ2n) is 12.0. The fourth-order valence-electron chi connectivity index (χ4n) is 5.31. The molecule has 250 valence electrons. The third-order valence-electron chi connectivity index (χ3n) is 8.71. The van der Waals surface area contributed by atoms with Crippen LogP contribution in [0.5, 0.6) is 5.75 Å². The highest BCUT2D eigenvalue weighted by molar-refractivity contribution is 7.09. The summed E-state index contributed by atoms with van der Waals surface area (Å²) in [7, 11) is 3.46. The number of aliphatic hydroxyl groups is 1. The number of carbonyl (C=O) groups is 3. The first kappa shape index (κ1) is 36.3. The molecule has 0 aliphatic carbocycles. The van der Waals surface area contributed by atoms with Crippen LogP contribution in [0.1, 0.15) is 81.9 Å². The molecule has 1 aromatic carbocycles. The van der Waals surface area contributed by atoms with Gasteiger partial charge in [0.1, 0.15) is 17.2 Å². The van der Waals surface area contributed by atoms with Gasteiger partial charge in [0.05, 0.1) is 5.54 Å². The summed E-state index contributed by atoms with van der Waals surface area (Å²) in [6.45, 7) is 10.1. The number of nitrogens with zero attached hydrogens (tertiary/aromatic N) is 3. The van der Waals surface area contributed by atoms with Crippen molar-refractivity contribution in [2.75, 3.05) is 20.6 Å². The highest BCUT2D eigenvalue weighted by Crippen LogP contribution is 2.32. The minimum absolute atomic E-state index is 0.00478. The zero-order chi connectivity index (χ0) is 34.0. The molecule has 1 saturated heterocycles. The van der Waals surface area contributed by atoms with Crippen molar-refractivity contribution in [3.05, 3.63) is 45.2 Å². The number of amides is 2.